The summed E-state index contributed by atoms with van der Waals surface area (Å²) in [4.78, 5) is 20.4. The first kappa shape index (κ1) is 34.7. The van der Waals surface area contributed by atoms with Crippen molar-refractivity contribution in [3.05, 3.63) is 108 Å². The van der Waals surface area contributed by atoms with Gasteiger partial charge in [0.25, 0.3) is 0 Å². The standard InChI is InChI=1S/3C15H18N2/c1-12-10-14-13(6-5-7-16-14)11-15(12)17-8-3-2-4-9-17;1-12-9-14-11-16-6-5-13(14)10-15(12)17-7-3-2-4-8-17;1-12-9-13-5-6-16-11-14(13)10-15(12)17-7-3-2-4-8-17/h5-7,10-11H,2-4,8-9H2,1H3;2*5-6,9-11H,2-4,7-8H2,1H3. The first-order valence-corrected chi connectivity index (χ1v) is 19.3. The summed E-state index contributed by atoms with van der Waals surface area (Å²) in [6.45, 7) is 13.8. The van der Waals surface area contributed by atoms with E-state index in [1.807, 2.05) is 37.1 Å². The van der Waals surface area contributed by atoms with Gasteiger partial charge in [-0.2, -0.15) is 0 Å². The van der Waals surface area contributed by atoms with Crippen molar-refractivity contribution in [3.63, 3.8) is 0 Å². The SMILES string of the molecule is Cc1cc2ccncc2cc1N1CCCCC1.Cc1cc2cnccc2cc1N1CCCCC1.Cc1cc2ncccc2cc1N1CCCCC1. The van der Waals surface area contributed by atoms with Gasteiger partial charge in [-0.05, 0) is 161 Å². The minimum absolute atomic E-state index is 1.10. The Balaban J connectivity index is 0.000000119. The van der Waals surface area contributed by atoms with E-state index in [-0.39, 0.29) is 0 Å². The van der Waals surface area contributed by atoms with Crippen LogP contribution >= 0.6 is 0 Å². The monoisotopic (exact) mass is 678 g/mol. The fourth-order valence-corrected chi connectivity index (χ4v) is 8.11. The molecule has 3 aliphatic rings. The zero-order valence-corrected chi connectivity index (χ0v) is 31.0. The van der Waals surface area contributed by atoms with Crippen molar-refractivity contribution in [2.45, 2.75) is 78.6 Å². The molecular weight excluding hydrogens is 625 g/mol. The van der Waals surface area contributed by atoms with Crippen LogP contribution in [0.4, 0.5) is 17.1 Å². The number of aromatic nitrogens is 3. The third-order valence-corrected chi connectivity index (χ3v) is 10.9. The highest BCUT2D eigenvalue weighted by molar-refractivity contribution is 5.88. The molecule has 6 nitrogen and oxygen atoms in total. The summed E-state index contributed by atoms with van der Waals surface area (Å²) in [6, 6.07) is 22.0. The van der Waals surface area contributed by atoms with Crippen LogP contribution in [0.1, 0.15) is 74.5 Å². The number of nitrogens with zero attached hydrogens (tertiary/aromatic N) is 6. The average molecular weight is 679 g/mol. The molecule has 0 N–H and O–H groups in total. The van der Waals surface area contributed by atoms with Crippen LogP contribution in [-0.4, -0.2) is 54.2 Å². The number of rotatable bonds is 3. The summed E-state index contributed by atoms with van der Waals surface area (Å²) in [7, 11) is 0. The Kier molecular flexibility index (Phi) is 11.3. The lowest BCUT2D eigenvalue weighted by Crippen LogP contribution is -2.29. The van der Waals surface area contributed by atoms with Crippen molar-refractivity contribution in [3.8, 4) is 0 Å². The molecule has 264 valence electrons. The lowest BCUT2D eigenvalue weighted by molar-refractivity contribution is 0.577. The maximum absolute atomic E-state index is 4.41. The molecule has 0 bridgehead atoms. The molecule has 0 radical (unpaired) electrons. The van der Waals surface area contributed by atoms with Crippen LogP contribution in [-0.2, 0) is 0 Å². The van der Waals surface area contributed by atoms with Crippen LogP contribution in [0, 0.1) is 20.8 Å². The lowest BCUT2D eigenvalue weighted by Gasteiger charge is -2.30. The number of hydrogen-bond acceptors (Lipinski definition) is 6. The van der Waals surface area contributed by atoms with Crippen LogP contribution in [0.25, 0.3) is 32.4 Å². The highest BCUT2D eigenvalue weighted by atomic mass is 15.1. The summed E-state index contributed by atoms with van der Waals surface area (Å²) in [5.41, 5.74) is 9.39. The number of fused-ring (bicyclic) bond motifs is 3. The zero-order valence-electron chi connectivity index (χ0n) is 31.0. The van der Waals surface area contributed by atoms with E-state index in [4.69, 9.17) is 0 Å². The molecule has 3 aromatic carbocycles. The van der Waals surface area contributed by atoms with E-state index in [2.05, 4.69) is 105 Å². The predicted octanol–water partition coefficient (Wildman–Crippen LogP) is 10.6. The molecule has 0 saturated carbocycles. The second kappa shape index (κ2) is 16.5. The van der Waals surface area contributed by atoms with Crippen LogP contribution < -0.4 is 14.7 Å². The number of anilines is 3. The van der Waals surface area contributed by atoms with Gasteiger partial charge in [0.1, 0.15) is 0 Å². The summed E-state index contributed by atoms with van der Waals surface area (Å²) in [5, 5.41) is 6.33. The van der Waals surface area contributed by atoms with Crippen LogP contribution in [0.2, 0.25) is 0 Å². The smallest absolute Gasteiger partial charge is 0.0706 e. The molecule has 6 aromatic rings. The topological polar surface area (TPSA) is 48.4 Å². The Morgan fingerprint density at radius 2 is 0.824 bits per heavy atom. The summed E-state index contributed by atoms with van der Waals surface area (Å²) >= 11 is 0. The van der Waals surface area contributed by atoms with Crippen molar-refractivity contribution in [1.82, 2.24) is 15.0 Å². The van der Waals surface area contributed by atoms with Crippen molar-refractivity contribution < 1.29 is 0 Å². The Bertz CT molecular complexity index is 1820. The fourth-order valence-electron chi connectivity index (χ4n) is 8.11. The van der Waals surface area contributed by atoms with E-state index in [0.717, 1.165) is 5.52 Å². The zero-order chi connectivity index (χ0) is 35.0. The molecule has 9 rings (SSSR count). The van der Waals surface area contributed by atoms with Gasteiger partial charge in [0.05, 0.1) is 5.52 Å². The van der Waals surface area contributed by atoms with E-state index in [1.54, 1.807) is 0 Å². The first-order valence-electron chi connectivity index (χ1n) is 19.3. The number of aryl methyl sites for hydroxylation is 3. The minimum atomic E-state index is 1.10. The van der Waals surface area contributed by atoms with Gasteiger partial charge >= 0.3 is 0 Å². The normalized spacial score (nSPS) is 16.4. The molecule has 3 saturated heterocycles. The van der Waals surface area contributed by atoms with Gasteiger partial charge in [-0.3, -0.25) is 15.0 Å². The molecule has 0 amide bonds. The van der Waals surface area contributed by atoms with Crippen LogP contribution in [0.15, 0.2) is 91.6 Å². The molecule has 0 spiro atoms. The maximum Gasteiger partial charge on any atom is 0.0706 e. The number of hydrogen-bond donors (Lipinski definition) is 0. The molecule has 3 fully saturated rings. The van der Waals surface area contributed by atoms with Crippen molar-refractivity contribution in [2.75, 3.05) is 54.0 Å². The number of piperidine rings is 3. The maximum atomic E-state index is 4.41. The Labute approximate surface area is 304 Å². The number of pyridine rings is 3. The molecule has 3 aromatic heterocycles. The van der Waals surface area contributed by atoms with E-state index >= 15 is 0 Å². The second-order valence-electron chi connectivity index (χ2n) is 14.7. The molecular formula is C45H54N6. The Morgan fingerprint density at radius 3 is 1.35 bits per heavy atom. The third kappa shape index (κ3) is 8.44. The summed E-state index contributed by atoms with van der Waals surface area (Å²) in [5.74, 6) is 0. The van der Waals surface area contributed by atoms with E-state index in [9.17, 15) is 0 Å². The molecule has 0 unspecified atom stereocenters. The van der Waals surface area contributed by atoms with Gasteiger partial charge in [0.15, 0.2) is 0 Å². The van der Waals surface area contributed by atoms with Gasteiger partial charge < -0.3 is 14.7 Å². The van der Waals surface area contributed by atoms with E-state index in [0.29, 0.717) is 0 Å². The summed E-state index contributed by atoms with van der Waals surface area (Å²) < 4.78 is 0. The quantitative estimate of drug-likeness (QED) is 0.186. The largest absolute Gasteiger partial charge is 0.371 e. The third-order valence-electron chi connectivity index (χ3n) is 10.9. The number of benzene rings is 3. The van der Waals surface area contributed by atoms with Crippen molar-refractivity contribution in [2.24, 2.45) is 0 Å². The molecule has 0 atom stereocenters. The molecule has 3 aliphatic heterocycles. The summed E-state index contributed by atoms with van der Waals surface area (Å²) in [6.07, 6.45) is 21.6. The highest BCUT2D eigenvalue weighted by Crippen LogP contribution is 2.30. The Morgan fingerprint density at radius 1 is 0.412 bits per heavy atom. The van der Waals surface area contributed by atoms with E-state index in [1.165, 1.54) is 158 Å². The van der Waals surface area contributed by atoms with Gasteiger partial charge in [-0.1, -0.05) is 6.07 Å². The molecule has 6 heterocycles. The van der Waals surface area contributed by atoms with Gasteiger partial charge in [0.2, 0.25) is 0 Å². The average Bonchev–Trinajstić information content (AvgIpc) is 3.18. The molecule has 51 heavy (non-hydrogen) atoms. The first-order chi connectivity index (χ1) is 25.0. The van der Waals surface area contributed by atoms with Crippen molar-refractivity contribution in [1.29, 1.82) is 0 Å². The van der Waals surface area contributed by atoms with Crippen molar-refractivity contribution >= 4 is 49.5 Å². The molecule has 0 aliphatic carbocycles. The van der Waals surface area contributed by atoms with Gasteiger partial charge in [-0.15, -0.1) is 0 Å². The molecule has 6 heteroatoms. The highest BCUT2D eigenvalue weighted by Gasteiger charge is 2.16. The van der Waals surface area contributed by atoms with Gasteiger partial charge in [0, 0.05) is 103 Å². The van der Waals surface area contributed by atoms with E-state index < -0.39 is 0 Å². The minimum Gasteiger partial charge on any atom is -0.371 e. The lowest BCUT2D eigenvalue weighted by atomic mass is 10.0. The Hall–Kier alpha value is -4.71. The predicted molar refractivity (Wildman–Crippen MR) is 218 cm³/mol. The second-order valence-corrected chi connectivity index (χ2v) is 14.7. The van der Waals surface area contributed by atoms with Gasteiger partial charge in [-0.25, -0.2) is 0 Å². The van der Waals surface area contributed by atoms with Crippen LogP contribution in [0.3, 0.4) is 0 Å². The fraction of sp³-hybridized carbons (Fsp3) is 0.400. The van der Waals surface area contributed by atoms with Crippen LogP contribution in [0.5, 0.6) is 0 Å².